The predicted octanol–water partition coefficient (Wildman–Crippen LogP) is 5.82. The van der Waals surface area contributed by atoms with Crippen LogP contribution in [0.4, 0.5) is 0 Å². The first-order chi connectivity index (χ1) is 9.38. The maximum Gasteiger partial charge on any atom is 0.0490 e. The molecule has 0 saturated heterocycles. The Morgan fingerprint density at radius 1 is 0.950 bits per heavy atom. The first kappa shape index (κ1) is 16.3. The molecule has 1 aromatic heterocycles. The summed E-state index contributed by atoms with van der Waals surface area (Å²) >= 11 is 0. The zero-order chi connectivity index (χ0) is 15.3. The second-order valence-electron chi connectivity index (χ2n) is 5.90. The van der Waals surface area contributed by atoms with Crippen LogP contribution < -0.4 is 0 Å². The summed E-state index contributed by atoms with van der Waals surface area (Å²) in [5, 5.41) is 0. The van der Waals surface area contributed by atoms with Crippen molar-refractivity contribution in [3.05, 3.63) is 53.4 Å². The molecule has 0 atom stereocenters. The summed E-state index contributed by atoms with van der Waals surface area (Å²) in [6, 6.07) is 0. The Morgan fingerprint density at radius 3 is 2.00 bits per heavy atom. The number of nitrogens with zero attached hydrogens (tertiary/aromatic N) is 1. The zero-order valence-electron chi connectivity index (χ0n) is 13.7. The van der Waals surface area contributed by atoms with Gasteiger partial charge < -0.3 is 4.57 Å². The molecule has 1 nitrogen and oxygen atoms in total. The molecule has 108 valence electrons. The predicted molar refractivity (Wildman–Crippen MR) is 92.8 cm³/mol. The van der Waals surface area contributed by atoms with Gasteiger partial charge in [0.15, 0.2) is 0 Å². The van der Waals surface area contributed by atoms with E-state index in [1.807, 2.05) is 12.2 Å². The van der Waals surface area contributed by atoms with Gasteiger partial charge in [-0.3, -0.25) is 0 Å². The Morgan fingerprint density at radius 2 is 1.55 bits per heavy atom. The van der Waals surface area contributed by atoms with Gasteiger partial charge >= 0.3 is 0 Å². The van der Waals surface area contributed by atoms with Crippen LogP contribution in [0.3, 0.4) is 0 Å². The molecule has 1 aromatic rings. The Labute approximate surface area is 124 Å². The third-order valence-electron chi connectivity index (χ3n) is 3.26. The van der Waals surface area contributed by atoms with Gasteiger partial charge in [0.2, 0.25) is 0 Å². The summed E-state index contributed by atoms with van der Waals surface area (Å²) in [4.78, 5) is 0. The van der Waals surface area contributed by atoms with Crippen LogP contribution in [0.15, 0.2) is 30.9 Å². The van der Waals surface area contributed by atoms with E-state index in [1.54, 1.807) is 0 Å². The molecule has 0 saturated carbocycles. The first-order valence-corrected chi connectivity index (χ1v) is 7.18. The lowest BCUT2D eigenvalue weighted by molar-refractivity contribution is 0.388. The van der Waals surface area contributed by atoms with Crippen molar-refractivity contribution in [2.75, 3.05) is 0 Å². The highest BCUT2D eigenvalue weighted by atomic mass is 15.1. The van der Waals surface area contributed by atoms with Crippen molar-refractivity contribution in [3.8, 4) is 0 Å². The Kier molecular flexibility index (Phi) is 5.38. The van der Waals surface area contributed by atoms with Gasteiger partial charge in [-0.1, -0.05) is 43.0 Å². The van der Waals surface area contributed by atoms with Crippen LogP contribution in [0.25, 0.3) is 18.2 Å². The molecule has 0 aliphatic rings. The van der Waals surface area contributed by atoms with Crippen molar-refractivity contribution in [3.63, 3.8) is 0 Å². The fraction of sp³-hybridized carbons (Fsp3) is 0.368. The van der Waals surface area contributed by atoms with Crippen molar-refractivity contribution in [2.45, 2.75) is 47.1 Å². The van der Waals surface area contributed by atoms with Gasteiger partial charge in [0.05, 0.1) is 0 Å². The second kappa shape index (κ2) is 6.60. The van der Waals surface area contributed by atoms with Crippen LogP contribution in [0.2, 0.25) is 0 Å². The molecule has 0 N–H and O–H groups in total. The Hall–Kier alpha value is -1.76. The van der Waals surface area contributed by atoms with E-state index in [1.165, 1.54) is 22.5 Å². The highest BCUT2D eigenvalue weighted by Crippen LogP contribution is 2.32. The van der Waals surface area contributed by atoms with Gasteiger partial charge in [-0.05, 0) is 47.6 Å². The zero-order valence-corrected chi connectivity index (χ0v) is 13.7. The maximum atomic E-state index is 3.77. The summed E-state index contributed by atoms with van der Waals surface area (Å²) in [5.41, 5.74) is 5.15. The molecule has 20 heavy (non-hydrogen) atoms. The van der Waals surface area contributed by atoms with Crippen molar-refractivity contribution < 1.29 is 0 Å². The first-order valence-electron chi connectivity index (χ1n) is 7.18. The average Bonchev–Trinajstić information content (AvgIpc) is 2.60. The Bertz CT molecular complexity index is 558. The van der Waals surface area contributed by atoms with E-state index in [2.05, 4.69) is 83.1 Å². The number of aromatic nitrogens is 1. The molecular formula is C19H27N. The number of rotatable bonds is 4. The fourth-order valence-electron chi connectivity index (χ4n) is 2.66. The minimum Gasteiger partial charge on any atom is -0.339 e. The van der Waals surface area contributed by atoms with Gasteiger partial charge in [-0.25, -0.2) is 0 Å². The standard InChI is InChI=1S/C19H27N/c1-8-11-14-16-15(4)20(19(5,6)7)18(13-10-3)17(16)12-9-2/h8-14H,1H2,2-7H3/b12-9-,13-10-,14-11-. The van der Waals surface area contributed by atoms with Crippen molar-refractivity contribution >= 4 is 18.2 Å². The van der Waals surface area contributed by atoms with E-state index >= 15 is 0 Å². The summed E-state index contributed by atoms with van der Waals surface area (Å²) in [6.07, 6.45) is 14.6. The highest BCUT2D eigenvalue weighted by Gasteiger charge is 2.23. The van der Waals surface area contributed by atoms with Crippen molar-refractivity contribution in [1.29, 1.82) is 0 Å². The molecule has 1 heteroatoms. The third kappa shape index (κ3) is 3.22. The number of allylic oxidation sites excluding steroid dienone is 4. The number of hydrogen-bond acceptors (Lipinski definition) is 0. The lowest BCUT2D eigenvalue weighted by Crippen LogP contribution is -2.24. The minimum absolute atomic E-state index is 0.0511. The van der Waals surface area contributed by atoms with Gasteiger partial charge in [0, 0.05) is 28.1 Å². The lowest BCUT2D eigenvalue weighted by Gasteiger charge is -2.26. The van der Waals surface area contributed by atoms with Crippen molar-refractivity contribution in [2.24, 2.45) is 0 Å². The lowest BCUT2D eigenvalue weighted by atomic mass is 10.1. The topological polar surface area (TPSA) is 4.93 Å². The van der Waals surface area contributed by atoms with E-state index in [0.717, 1.165) is 0 Å². The van der Waals surface area contributed by atoms with Crippen LogP contribution in [-0.4, -0.2) is 4.57 Å². The van der Waals surface area contributed by atoms with E-state index in [-0.39, 0.29) is 5.54 Å². The SMILES string of the molecule is C=C/C=C\c1c(/C=C\C)c(/C=C\C)n(C(C)(C)C)c1C. The van der Waals surface area contributed by atoms with Crippen LogP contribution in [-0.2, 0) is 5.54 Å². The fourth-order valence-corrected chi connectivity index (χ4v) is 2.66. The molecule has 0 aliphatic heterocycles. The average molecular weight is 269 g/mol. The Balaban J connectivity index is 3.76. The molecule has 0 spiro atoms. The largest absolute Gasteiger partial charge is 0.339 e. The van der Waals surface area contributed by atoms with Gasteiger partial charge in [-0.2, -0.15) is 0 Å². The normalized spacial score (nSPS) is 13.1. The minimum atomic E-state index is 0.0511. The van der Waals surface area contributed by atoms with Gasteiger partial charge in [0.1, 0.15) is 0 Å². The highest BCUT2D eigenvalue weighted by molar-refractivity contribution is 5.76. The second-order valence-corrected chi connectivity index (χ2v) is 5.90. The third-order valence-corrected chi connectivity index (χ3v) is 3.26. The summed E-state index contributed by atoms with van der Waals surface area (Å²) < 4.78 is 2.41. The molecular weight excluding hydrogens is 242 g/mol. The van der Waals surface area contributed by atoms with Crippen molar-refractivity contribution in [1.82, 2.24) is 4.57 Å². The monoisotopic (exact) mass is 269 g/mol. The molecule has 0 aliphatic carbocycles. The molecule has 1 rings (SSSR count). The maximum absolute atomic E-state index is 3.77. The quantitative estimate of drug-likeness (QED) is 0.607. The molecule has 0 bridgehead atoms. The van der Waals surface area contributed by atoms with E-state index in [4.69, 9.17) is 0 Å². The van der Waals surface area contributed by atoms with Gasteiger partial charge in [-0.15, -0.1) is 0 Å². The van der Waals surface area contributed by atoms with E-state index < -0.39 is 0 Å². The molecule has 0 fully saturated rings. The van der Waals surface area contributed by atoms with Gasteiger partial charge in [0.25, 0.3) is 0 Å². The van der Waals surface area contributed by atoms with Crippen LogP contribution in [0, 0.1) is 6.92 Å². The smallest absolute Gasteiger partial charge is 0.0490 e. The van der Waals surface area contributed by atoms with E-state index in [0.29, 0.717) is 0 Å². The number of hydrogen-bond donors (Lipinski definition) is 0. The summed E-state index contributed by atoms with van der Waals surface area (Å²) in [6.45, 7) is 16.8. The van der Waals surface area contributed by atoms with E-state index in [9.17, 15) is 0 Å². The molecule has 0 unspecified atom stereocenters. The van der Waals surface area contributed by atoms with Crippen LogP contribution >= 0.6 is 0 Å². The van der Waals surface area contributed by atoms with Crippen LogP contribution in [0.1, 0.15) is 57.1 Å². The molecule has 0 radical (unpaired) electrons. The molecule has 0 amide bonds. The van der Waals surface area contributed by atoms with Crippen LogP contribution in [0.5, 0.6) is 0 Å². The summed E-state index contributed by atoms with van der Waals surface area (Å²) in [7, 11) is 0. The molecule has 0 aromatic carbocycles. The summed E-state index contributed by atoms with van der Waals surface area (Å²) in [5.74, 6) is 0. The molecule has 1 heterocycles.